The van der Waals surface area contributed by atoms with Crippen molar-refractivity contribution in [3.05, 3.63) is 51.4 Å². The SMILES string of the molecule is O=Cc1ccc(-c2ccc([N+](=O)[O-])cc2)s1. The summed E-state index contributed by atoms with van der Waals surface area (Å²) in [6, 6.07) is 9.83. The van der Waals surface area contributed by atoms with Crippen LogP contribution < -0.4 is 0 Å². The summed E-state index contributed by atoms with van der Waals surface area (Å²) in [6.07, 6.45) is 0.791. The average molecular weight is 233 g/mol. The Hall–Kier alpha value is -2.01. The fourth-order valence-electron chi connectivity index (χ4n) is 1.32. The van der Waals surface area contributed by atoms with Crippen molar-refractivity contribution in [1.29, 1.82) is 0 Å². The zero-order chi connectivity index (χ0) is 11.5. The largest absolute Gasteiger partial charge is 0.297 e. The van der Waals surface area contributed by atoms with E-state index >= 15 is 0 Å². The minimum absolute atomic E-state index is 0.0657. The number of aldehydes is 1. The van der Waals surface area contributed by atoms with E-state index in [0.717, 1.165) is 16.7 Å². The molecule has 4 nitrogen and oxygen atoms in total. The van der Waals surface area contributed by atoms with Gasteiger partial charge in [-0.3, -0.25) is 14.9 Å². The average Bonchev–Trinajstić information content (AvgIpc) is 2.77. The molecule has 0 saturated carbocycles. The highest BCUT2D eigenvalue weighted by Crippen LogP contribution is 2.28. The summed E-state index contributed by atoms with van der Waals surface area (Å²) in [5.74, 6) is 0. The molecule has 0 unspecified atom stereocenters. The minimum atomic E-state index is -0.435. The fourth-order valence-corrected chi connectivity index (χ4v) is 2.15. The highest BCUT2D eigenvalue weighted by atomic mass is 32.1. The summed E-state index contributed by atoms with van der Waals surface area (Å²) in [6.45, 7) is 0. The van der Waals surface area contributed by atoms with Gasteiger partial charge in [-0.15, -0.1) is 11.3 Å². The maximum atomic E-state index is 10.5. The molecule has 0 atom stereocenters. The topological polar surface area (TPSA) is 60.2 Å². The van der Waals surface area contributed by atoms with Crippen LogP contribution in [0.2, 0.25) is 0 Å². The molecule has 0 aliphatic heterocycles. The molecule has 2 rings (SSSR count). The molecule has 2 aromatic rings. The smallest absolute Gasteiger partial charge is 0.269 e. The first kappa shape index (κ1) is 10.5. The Kier molecular flexibility index (Phi) is 2.78. The number of hydrogen-bond acceptors (Lipinski definition) is 4. The highest BCUT2D eigenvalue weighted by Gasteiger charge is 2.06. The summed E-state index contributed by atoms with van der Waals surface area (Å²) in [5.41, 5.74) is 0.944. The Morgan fingerprint density at radius 3 is 2.31 bits per heavy atom. The number of carbonyl (C=O) groups is 1. The molecule has 0 amide bonds. The maximum absolute atomic E-state index is 10.5. The number of non-ortho nitro benzene ring substituents is 1. The molecular weight excluding hydrogens is 226 g/mol. The Bertz CT molecular complexity index is 530. The van der Waals surface area contributed by atoms with Crippen LogP contribution in [0.3, 0.4) is 0 Å². The number of rotatable bonds is 3. The monoisotopic (exact) mass is 233 g/mol. The van der Waals surface area contributed by atoms with E-state index < -0.39 is 4.92 Å². The molecule has 0 aliphatic rings. The van der Waals surface area contributed by atoms with Crippen molar-refractivity contribution in [2.24, 2.45) is 0 Å². The fraction of sp³-hybridized carbons (Fsp3) is 0. The van der Waals surface area contributed by atoms with E-state index in [0.29, 0.717) is 4.88 Å². The van der Waals surface area contributed by atoms with E-state index in [4.69, 9.17) is 0 Å². The first-order valence-corrected chi connectivity index (χ1v) is 5.32. The van der Waals surface area contributed by atoms with Gasteiger partial charge in [0.2, 0.25) is 0 Å². The molecule has 1 aromatic heterocycles. The van der Waals surface area contributed by atoms with Gasteiger partial charge in [-0.1, -0.05) is 0 Å². The van der Waals surface area contributed by atoms with Gasteiger partial charge in [0.05, 0.1) is 9.80 Å². The molecule has 0 N–H and O–H groups in total. The molecule has 1 aromatic carbocycles. The normalized spacial score (nSPS) is 10.0. The molecule has 0 spiro atoms. The van der Waals surface area contributed by atoms with Crippen molar-refractivity contribution < 1.29 is 9.72 Å². The van der Waals surface area contributed by atoms with Crippen molar-refractivity contribution in [3.63, 3.8) is 0 Å². The van der Waals surface area contributed by atoms with Gasteiger partial charge < -0.3 is 0 Å². The second kappa shape index (κ2) is 4.24. The number of benzene rings is 1. The molecular formula is C11H7NO3S. The Morgan fingerprint density at radius 2 is 1.81 bits per heavy atom. The molecule has 1 heterocycles. The van der Waals surface area contributed by atoms with Gasteiger partial charge in [0.1, 0.15) is 0 Å². The van der Waals surface area contributed by atoms with Crippen molar-refractivity contribution in [2.45, 2.75) is 0 Å². The van der Waals surface area contributed by atoms with Crippen LogP contribution in [0, 0.1) is 10.1 Å². The van der Waals surface area contributed by atoms with E-state index in [9.17, 15) is 14.9 Å². The van der Waals surface area contributed by atoms with E-state index in [1.54, 1.807) is 18.2 Å². The minimum Gasteiger partial charge on any atom is -0.297 e. The third kappa shape index (κ3) is 1.99. The van der Waals surface area contributed by atoms with Crippen molar-refractivity contribution in [2.75, 3.05) is 0 Å². The third-order valence-corrected chi connectivity index (χ3v) is 3.17. The van der Waals surface area contributed by atoms with Crippen LogP contribution in [0.25, 0.3) is 10.4 Å². The quantitative estimate of drug-likeness (QED) is 0.465. The van der Waals surface area contributed by atoms with Crippen LogP contribution >= 0.6 is 11.3 Å². The lowest BCUT2D eigenvalue weighted by Crippen LogP contribution is -1.86. The summed E-state index contributed by atoms with van der Waals surface area (Å²) >= 11 is 1.36. The number of nitro benzene ring substituents is 1. The first-order chi connectivity index (χ1) is 7.70. The van der Waals surface area contributed by atoms with Gasteiger partial charge >= 0.3 is 0 Å². The van der Waals surface area contributed by atoms with Crippen LogP contribution in [0.4, 0.5) is 5.69 Å². The van der Waals surface area contributed by atoms with Gasteiger partial charge in [0.25, 0.3) is 5.69 Å². The molecule has 5 heteroatoms. The van der Waals surface area contributed by atoms with Crippen LogP contribution in [-0.4, -0.2) is 11.2 Å². The Morgan fingerprint density at radius 1 is 1.12 bits per heavy atom. The second-order valence-electron chi connectivity index (χ2n) is 3.12. The molecule has 0 bridgehead atoms. The molecule has 0 fully saturated rings. The first-order valence-electron chi connectivity index (χ1n) is 4.50. The molecule has 0 radical (unpaired) electrons. The van der Waals surface area contributed by atoms with E-state index in [1.807, 2.05) is 6.07 Å². The summed E-state index contributed by atoms with van der Waals surface area (Å²) in [5, 5.41) is 10.5. The lowest BCUT2D eigenvalue weighted by molar-refractivity contribution is -0.384. The Labute approximate surface area is 95.3 Å². The van der Waals surface area contributed by atoms with Gasteiger partial charge in [0, 0.05) is 17.0 Å². The predicted molar refractivity (Wildman–Crippen MR) is 61.8 cm³/mol. The molecule has 0 saturated heterocycles. The van der Waals surface area contributed by atoms with Gasteiger partial charge in [-0.05, 0) is 29.8 Å². The van der Waals surface area contributed by atoms with E-state index in [-0.39, 0.29) is 5.69 Å². The second-order valence-corrected chi connectivity index (χ2v) is 4.24. The van der Waals surface area contributed by atoms with Crippen LogP contribution in [0.5, 0.6) is 0 Å². The van der Waals surface area contributed by atoms with E-state index in [1.165, 1.54) is 23.5 Å². The van der Waals surface area contributed by atoms with Gasteiger partial charge in [0.15, 0.2) is 6.29 Å². The van der Waals surface area contributed by atoms with Crippen molar-refractivity contribution in [1.82, 2.24) is 0 Å². The van der Waals surface area contributed by atoms with Crippen LogP contribution in [0.15, 0.2) is 36.4 Å². The van der Waals surface area contributed by atoms with Gasteiger partial charge in [-0.25, -0.2) is 0 Å². The third-order valence-electron chi connectivity index (χ3n) is 2.11. The highest BCUT2D eigenvalue weighted by molar-refractivity contribution is 7.17. The standard InChI is InChI=1S/C11H7NO3S/c13-7-10-5-6-11(16-10)8-1-3-9(4-2-8)12(14)15/h1-7H. The number of hydrogen-bond donors (Lipinski definition) is 0. The molecule has 80 valence electrons. The van der Waals surface area contributed by atoms with Crippen LogP contribution in [0.1, 0.15) is 9.67 Å². The van der Waals surface area contributed by atoms with Crippen molar-refractivity contribution >= 4 is 23.3 Å². The predicted octanol–water partition coefficient (Wildman–Crippen LogP) is 3.14. The number of nitrogens with zero attached hydrogens (tertiary/aromatic N) is 1. The zero-order valence-corrected chi connectivity index (χ0v) is 8.94. The van der Waals surface area contributed by atoms with Gasteiger partial charge in [-0.2, -0.15) is 0 Å². The summed E-state index contributed by atoms with van der Waals surface area (Å²) in [7, 11) is 0. The maximum Gasteiger partial charge on any atom is 0.269 e. The lowest BCUT2D eigenvalue weighted by Gasteiger charge is -1.96. The Balaban J connectivity index is 2.34. The zero-order valence-electron chi connectivity index (χ0n) is 8.12. The van der Waals surface area contributed by atoms with Crippen molar-refractivity contribution in [3.8, 4) is 10.4 Å². The van der Waals surface area contributed by atoms with E-state index in [2.05, 4.69) is 0 Å². The molecule has 16 heavy (non-hydrogen) atoms. The number of thiophene rings is 1. The summed E-state index contributed by atoms with van der Waals surface area (Å²) in [4.78, 5) is 22.1. The summed E-state index contributed by atoms with van der Waals surface area (Å²) < 4.78 is 0. The number of carbonyl (C=O) groups excluding carboxylic acids is 1. The molecule has 0 aliphatic carbocycles. The lowest BCUT2D eigenvalue weighted by atomic mass is 10.2. The number of nitro groups is 1. The van der Waals surface area contributed by atoms with Crippen LogP contribution in [-0.2, 0) is 0 Å².